The summed E-state index contributed by atoms with van der Waals surface area (Å²) in [4.78, 5) is 4.50. The minimum Gasteiger partial charge on any atom is -0.473 e. The number of rotatable bonds is 7. The van der Waals surface area contributed by atoms with E-state index < -0.39 is 5.82 Å². The van der Waals surface area contributed by atoms with Crippen LogP contribution in [0.4, 0.5) is 10.1 Å². The van der Waals surface area contributed by atoms with Gasteiger partial charge in [-0.15, -0.1) is 0 Å². The maximum absolute atomic E-state index is 14.6. The summed E-state index contributed by atoms with van der Waals surface area (Å²) in [7, 11) is 0. The van der Waals surface area contributed by atoms with Gasteiger partial charge in [-0.05, 0) is 35.4 Å². The maximum atomic E-state index is 14.6. The Hall–Kier alpha value is -3.86. The number of halogens is 1. The quantitative estimate of drug-likeness (QED) is 0.409. The molecule has 5 heteroatoms. The van der Waals surface area contributed by atoms with E-state index in [0.29, 0.717) is 41.8 Å². The molecule has 0 aliphatic rings. The number of benzene rings is 3. The first-order valence-electron chi connectivity index (χ1n) is 9.59. The molecule has 0 unspecified atom stereocenters. The Balaban J connectivity index is 1.62. The number of ether oxygens (including phenoxy) is 2. The summed E-state index contributed by atoms with van der Waals surface area (Å²) < 4.78 is 26.3. The van der Waals surface area contributed by atoms with Gasteiger partial charge in [-0.1, -0.05) is 60.7 Å². The zero-order valence-corrected chi connectivity index (χ0v) is 16.3. The molecule has 4 nitrogen and oxygen atoms in total. The maximum Gasteiger partial charge on any atom is 0.225 e. The summed E-state index contributed by atoms with van der Waals surface area (Å²) >= 11 is 0. The van der Waals surface area contributed by atoms with Crippen molar-refractivity contribution in [3.63, 3.8) is 0 Å². The second kappa shape index (κ2) is 9.09. The smallest absolute Gasteiger partial charge is 0.225 e. The minimum atomic E-state index is -0.431. The van der Waals surface area contributed by atoms with Crippen molar-refractivity contribution in [1.29, 1.82) is 0 Å². The van der Waals surface area contributed by atoms with Crippen LogP contribution < -0.4 is 15.2 Å². The van der Waals surface area contributed by atoms with Gasteiger partial charge in [-0.2, -0.15) is 4.98 Å². The van der Waals surface area contributed by atoms with E-state index in [1.54, 1.807) is 24.3 Å². The third-order valence-corrected chi connectivity index (χ3v) is 4.57. The van der Waals surface area contributed by atoms with Crippen molar-refractivity contribution in [2.45, 2.75) is 13.2 Å². The summed E-state index contributed by atoms with van der Waals surface area (Å²) in [6.07, 6.45) is 0. The van der Waals surface area contributed by atoms with Gasteiger partial charge in [0, 0.05) is 22.9 Å². The Kier molecular flexibility index (Phi) is 5.90. The third-order valence-electron chi connectivity index (χ3n) is 4.57. The molecule has 0 radical (unpaired) electrons. The van der Waals surface area contributed by atoms with E-state index in [9.17, 15) is 4.39 Å². The Bertz CT molecular complexity index is 1120. The van der Waals surface area contributed by atoms with E-state index in [0.717, 1.165) is 11.1 Å². The monoisotopic (exact) mass is 400 g/mol. The molecular weight excluding hydrogens is 379 g/mol. The van der Waals surface area contributed by atoms with Gasteiger partial charge in [-0.3, -0.25) is 0 Å². The van der Waals surface area contributed by atoms with Crippen molar-refractivity contribution in [3.05, 3.63) is 108 Å². The van der Waals surface area contributed by atoms with E-state index in [1.165, 1.54) is 6.07 Å². The van der Waals surface area contributed by atoms with E-state index in [4.69, 9.17) is 15.2 Å². The van der Waals surface area contributed by atoms with Crippen LogP contribution in [0.1, 0.15) is 11.1 Å². The van der Waals surface area contributed by atoms with Gasteiger partial charge in [0.25, 0.3) is 0 Å². The Morgan fingerprint density at radius 1 is 0.700 bits per heavy atom. The molecule has 0 bridgehead atoms. The highest BCUT2D eigenvalue weighted by Crippen LogP contribution is 2.33. The van der Waals surface area contributed by atoms with Crippen LogP contribution in [-0.2, 0) is 13.2 Å². The van der Waals surface area contributed by atoms with Gasteiger partial charge >= 0.3 is 0 Å². The molecule has 1 aromatic heterocycles. The number of anilines is 1. The van der Waals surface area contributed by atoms with Gasteiger partial charge in [0.2, 0.25) is 11.8 Å². The summed E-state index contributed by atoms with van der Waals surface area (Å²) in [5.41, 5.74) is 8.97. The first-order valence-corrected chi connectivity index (χ1v) is 9.59. The van der Waals surface area contributed by atoms with Crippen LogP contribution in [-0.4, -0.2) is 4.98 Å². The molecule has 0 aliphatic carbocycles. The van der Waals surface area contributed by atoms with Gasteiger partial charge in [0.1, 0.15) is 19.0 Å². The number of nitrogens with zero attached hydrogens (tertiary/aromatic N) is 1. The predicted octanol–water partition coefficient (Wildman–Crippen LogP) is 5.63. The largest absolute Gasteiger partial charge is 0.473 e. The van der Waals surface area contributed by atoms with E-state index in [2.05, 4.69) is 4.98 Å². The highest BCUT2D eigenvalue weighted by Gasteiger charge is 2.15. The predicted molar refractivity (Wildman–Crippen MR) is 116 cm³/mol. The number of nitrogens with two attached hydrogens (primary N) is 1. The second-order valence-electron chi connectivity index (χ2n) is 6.79. The first-order chi connectivity index (χ1) is 14.7. The molecule has 4 aromatic rings. The Labute approximate surface area is 174 Å². The van der Waals surface area contributed by atoms with Gasteiger partial charge in [0.15, 0.2) is 0 Å². The van der Waals surface area contributed by atoms with Crippen LogP contribution in [0.15, 0.2) is 91.0 Å². The third kappa shape index (κ3) is 4.75. The first kappa shape index (κ1) is 19.5. The molecule has 0 amide bonds. The fourth-order valence-corrected chi connectivity index (χ4v) is 3.03. The summed E-state index contributed by atoms with van der Waals surface area (Å²) in [5.74, 6) is 0.272. The highest BCUT2D eigenvalue weighted by molar-refractivity contribution is 5.71. The molecule has 0 fully saturated rings. The number of pyridine rings is 1. The fraction of sp³-hybridized carbons (Fsp3) is 0.0800. The lowest BCUT2D eigenvalue weighted by molar-refractivity contribution is 0.268. The molecule has 150 valence electrons. The van der Waals surface area contributed by atoms with Gasteiger partial charge in [0.05, 0.1) is 0 Å². The van der Waals surface area contributed by atoms with Crippen molar-refractivity contribution < 1.29 is 13.9 Å². The van der Waals surface area contributed by atoms with Crippen molar-refractivity contribution in [2.24, 2.45) is 0 Å². The van der Waals surface area contributed by atoms with Crippen molar-refractivity contribution in [3.8, 4) is 22.9 Å². The van der Waals surface area contributed by atoms with Crippen LogP contribution in [0.25, 0.3) is 11.1 Å². The van der Waals surface area contributed by atoms with Crippen LogP contribution in [0.5, 0.6) is 11.8 Å². The Morgan fingerprint density at radius 2 is 1.30 bits per heavy atom. The van der Waals surface area contributed by atoms with Crippen LogP contribution in [0.2, 0.25) is 0 Å². The molecule has 3 aromatic carbocycles. The van der Waals surface area contributed by atoms with Crippen molar-refractivity contribution in [2.75, 3.05) is 5.73 Å². The van der Waals surface area contributed by atoms with Crippen molar-refractivity contribution >= 4 is 5.69 Å². The SMILES string of the molecule is Nc1ccc(-c2ccc(OCc3ccccc3)nc2OCc2ccccc2)c(F)c1. The number of hydrogen-bond donors (Lipinski definition) is 1. The highest BCUT2D eigenvalue weighted by atomic mass is 19.1. The molecule has 0 saturated heterocycles. The zero-order chi connectivity index (χ0) is 20.8. The van der Waals surface area contributed by atoms with Gasteiger partial charge < -0.3 is 15.2 Å². The lowest BCUT2D eigenvalue weighted by atomic mass is 10.1. The fourth-order valence-electron chi connectivity index (χ4n) is 3.03. The van der Waals surface area contributed by atoms with Crippen LogP contribution in [0, 0.1) is 5.82 Å². The molecule has 4 rings (SSSR count). The Morgan fingerprint density at radius 3 is 1.93 bits per heavy atom. The summed E-state index contributed by atoms with van der Waals surface area (Å²) in [5, 5.41) is 0. The standard InChI is InChI=1S/C25H21FN2O2/c26-23-15-20(27)11-12-21(23)22-13-14-24(29-16-18-7-3-1-4-8-18)28-25(22)30-17-19-9-5-2-6-10-19/h1-15H,16-17,27H2. The van der Waals surface area contributed by atoms with Crippen LogP contribution in [0.3, 0.4) is 0 Å². The number of aromatic nitrogens is 1. The molecule has 0 saturated carbocycles. The average Bonchev–Trinajstić information content (AvgIpc) is 2.78. The van der Waals surface area contributed by atoms with Gasteiger partial charge in [-0.25, -0.2) is 4.39 Å². The molecule has 0 spiro atoms. The summed E-state index contributed by atoms with van der Waals surface area (Å²) in [6.45, 7) is 0.682. The van der Waals surface area contributed by atoms with Crippen LogP contribution >= 0.6 is 0 Å². The summed E-state index contributed by atoms with van der Waals surface area (Å²) in [6, 6.07) is 27.6. The van der Waals surface area contributed by atoms with Crippen molar-refractivity contribution in [1.82, 2.24) is 4.98 Å². The average molecular weight is 400 g/mol. The van der Waals surface area contributed by atoms with E-state index >= 15 is 0 Å². The van der Waals surface area contributed by atoms with E-state index in [-0.39, 0.29) is 0 Å². The number of hydrogen-bond acceptors (Lipinski definition) is 4. The second-order valence-corrected chi connectivity index (χ2v) is 6.79. The molecule has 30 heavy (non-hydrogen) atoms. The lowest BCUT2D eigenvalue weighted by Gasteiger charge is -2.14. The normalized spacial score (nSPS) is 10.6. The molecule has 0 aliphatic heterocycles. The molecular formula is C25H21FN2O2. The molecule has 0 atom stereocenters. The molecule has 1 heterocycles. The number of nitrogen functional groups attached to an aromatic ring is 1. The topological polar surface area (TPSA) is 57.4 Å². The minimum absolute atomic E-state index is 0.299. The zero-order valence-electron chi connectivity index (χ0n) is 16.3. The lowest BCUT2D eigenvalue weighted by Crippen LogP contribution is -2.03. The van der Waals surface area contributed by atoms with E-state index in [1.807, 2.05) is 60.7 Å². The molecule has 2 N–H and O–H groups in total.